The number of carbonyl (C=O) groups excluding carboxylic acids is 1. The van der Waals surface area contributed by atoms with Gasteiger partial charge in [-0.1, -0.05) is 5.21 Å². The normalized spacial score (nSPS) is 17.2. The first-order valence-corrected chi connectivity index (χ1v) is 10.1. The van der Waals surface area contributed by atoms with Crippen LogP contribution in [-0.4, -0.2) is 61.9 Å². The lowest BCUT2D eigenvalue weighted by Gasteiger charge is -2.25. The van der Waals surface area contributed by atoms with Crippen LogP contribution in [0.25, 0.3) is 16.6 Å². The molecule has 1 aromatic carbocycles. The molecule has 1 aliphatic heterocycles. The van der Waals surface area contributed by atoms with Gasteiger partial charge in [0.2, 0.25) is 5.43 Å². The molecule has 2 N–H and O–H groups in total. The van der Waals surface area contributed by atoms with Crippen molar-refractivity contribution in [2.75, 3.05) is 26.3 Å². The van der Waals surface area contributed by atoms with Gasteiger partial charge in [-0.15, -0.1) is 5.10 Å². The average molecular weight is 428 g/mol. The van der Waals surface area contributed by atoms with Crippen LogP contribution in [-0.2, 0) is 11.3 Å². The number of aromatic nitrogens is 4. The van der Waals surface area contributed by atoms with Gasteiger partial charge in [0.25, 0.3) is 5.91 Å². The van der Waals surface area contributed by atoms with Crippen molar-refractivity contribution in [3.05, 3.63) is 51.8 Å². The van der Waals surface area contributed by atoms with E-state index in [1.54, 1.807) is 16.8 Å². The second kappa shape index (κ2) is 7.84. The monoisotopic (exact) mass is 428 g/mol. The number of ether oxygens (including phenoxy) is 1. The zero-order chi connectivity index (χ0) is 21.5. The van der Waals surface area contributed by atoms with Crippen molar-refractivity contribution in [2.24, 2.45) is 0 Å². The number of carbonyl (C=O) groups is 1. The maximum Gasteiger partial charge on any atom is 0.280 e. The van der Waals surface area contributed by atoms with Crippen LogP contribution in [0.1, 0.15) is 34.9 Å². The van der Waals surface area contributed by atoms with Gasteiger partial charge in [-0.3, -0.25) is 19.7 Å². The summed E-state index contributed by atoms with van der Waals surface area (Å²) in [6, 6.07) is 2.78. The smallest absolute Gasteiger partial charge is 0.280 e. The molecule has 0 radical (unpaired) electrons. The molecule has 0 atom stereocenters. The van der Waals surface area contributed by atoms with E-state index in [0.717, 1.165) is 32.0 Å². The molecule has 162 valence electrons. The van der Waals surface area contributed by atoms with Gasteiger partial charge in [-0.25, -0.2) is 14.6 Å². The third-order valence-electron chi connectivity index (χ3n) is 5.66. The second-order valence-corrected chi connectivity index (χ2v) is 7.82. The Morgan fingerprint density at radius 1 is 1.26 bits per heavy atom. The fourth-order valence-corrected chi connectivity index (χ4v) is 3.89. The predicted molar refractivity (Wildman–Crippen MR) is 107 cm³/mol. The van der Waals surface area contributed by atoms with Crippen molar-refractivity contribution in [3.63, 3.8) is 0 Å². The van der Waals surface area contributed by atoms with Gasteiger partial charge in [0, 0.05) is 37.3 Å². The minimum atomic E-state index is -0.921. The number of amides is 1. The Morgan fingerprint density at radius 3 is 2.74 bits per heavy atom. The molecule has 0 spiro atoms. The van der Waals surface area contributed by atoms with Crippen molar-refractivity contribution >= 4 is 16.8 Å². The third kappa shape index (κ3) is 3.71. The summed E-state index contributed by atoms with van der Waals surface area (Å²) < 4.78 is 23.5. The van der Waals surface area contributed by atoms with Gasteiger partial charge >= 0.3 is 0 Å². The zero-order valence-corrected chi connectivity index (χ0v) is 16.6. The molecular weight excluding hydrogens is 407 g/mol. The highest BCUT2D eigenvalue weighted by Gasteiger charge is 2.27. The van der Waals surface area contributed by atoms with E-state index in [1.807, 2.05) is 0 Å². The van der Waals surface area contributed by atoms with Gasteiger partial charge < -0.3 is 9.30 Å². The van der Waals surface area contributed by atoms with E-state index in [0.29, 0.717) is 31.0 Å². The fraction of sp³-hybridized carbons (Fsp3) is 0.400. The molecule has 1 saturated carbocycles. The van der Waals surface area contributed by atoms with Crippen LogP contribution in [0.2, 0.25) is 0 Å². The summed E-state index contributed by atoms with van der Waals surface area (Å²) in [7, 11) is 0. The van der Waals surface area contributed by atoms with Crippen LogP contribution in [0.4, 0.5) is 4.39 Å². The molecule has 2 aliphatic rings. The van der Waals surface area contributed by atoms with Crippen LogP contribution in [0.5, 0.6) is 0 Å². The molecule has 1 saturated heterocycles. The molecular formula is C20H21FN6O4. The van der Waals surface area contributed by atoms with Crippen molar-refractivity contribution < 1.29 is 19.1 Å². The summed E-state index contributed by atoms with van der Waals surface area (Å²) in [6.07, 6.45) is 4.86. The Balaban J connectivity index is 1.56. The van der Waals surface area contributed by atoms with Gasteiger partial charge in [0.05, 0.1) is 30.6 Å². The zero-order valence-electron chi connectivity index (χ0n) is 16.6. The lowest BCUT2D eigenvalue weighted by Crippen LogP contribution is -2.35. The first-order chi connectivity index (χ1) is 15.0. The second-order valence-electron chi connectivity index (χ2n) is 7.82. The molecule has 1 aliphatic carbocycles. The predicted octanol–water partition coefficient (Wildman–Crippen LogP) is 1.01. The van der Waals surface area contributed by atoms with Crippen LogP contribution >= 0.6 is 0 Å². The minimum absolute atomic E-state index is 0.0721. The number of nitrogens with zero attached hydrogens (tertiary/aromatic N) is 5. The van der Waals surface area contributed by atoms with Crippen LogP contribution in [0, 0.1) is 5.82 Å². The first kappa shape index (κ1) is 19.8. The third-order valence-corrected chi connectivity index (χ3v) is 5.66. The van der Waals surface area contributed by atoms with Gasteiger partial charge in [-0.2, -0.15) is 0 Å². The standard InChI is InChI=1S/C20H21FN6O4/c21-16-7-14-17(26(13-1-2-13)11-15(19(14)28)20(29)23-30)8-18(16)27-10-12(22-24-27)9-25-3-5-31-6-4-25/h7-8,10-11,13,30H,1-6,9H2,(H,23,29). The van der Waals surface area contributed by atoms with E-state index in [1.165, 1.54) is 16.4 Å². The number of hydroxylamine groups is 1. The molecule has 1 amide bonds. The molecule has 11 heteroatoms. The van der Waals surface area contributed by atoms with E-state index in [2.05, 4.69) is 15.2 Å². The Kier molecular flexibility index (Phi) is 5.00. The number of pyridine rings is 1. The van der Waals surface area contributed by atoms with E-state index >= 15 is 4.39 Å². The number of hydrogen-bond acceptors (Lipinski definition) is 7. The lowest BCUT2D eigenvalue weighted by atomic mass is 10.1. The van der Waals surface area contributed by atoms with Gasteiger partial charge in [-0.05, 0) is 25.0 Å². The molecule has 2 aromatic heterocycles. The Morgan fingerprint density at radius 2 is 2.03 bits per heavy atom. The Labute approximate surface area is 175 Å². The van der Waals surface area contributed by atoms with Crippen LogP contribution in [0.15, 0.2) is 29.3 Å². The summed E-state index contributed by atoms with van der Waals surface area (Å²) in [5.74, 6) is -1.58. The number of halogens is 1. The molecule has 3 heterocycles. The fourth-order valence-electron chi connectivity index (χ4n) is 3.89. The number of benzene rings is 1. The molecule has 3 aromatic rings. The molecule has 0 unspecified atom stereocenters. The highest BCUT2D eigenvalue weighted by Crippen LogP contribution is 2.37. The van der Waals surface area contributed by atoms with E-state index in [9.17, 15) is 9.59 Å². The highest BCUT2D eigenvalue weighted by molar-refractivity contribution is 5.97. The van der Waals surface area contributed by atoms with E-state index in [-0.39, 0.29) is 22.7 Å². The van der Waals surface area contributed by atoms with Crippen molar-refractivity contribution in [2.45, 2.75) is 25.4 Å². The summed E-state index contributed by atoms with van der Waals surface area (Å²) in [4.78, 5) is 26.8. The van der Waals surface area contributed by atoms with Gasteiger partial charge in [0.15, 0.2) is 0 Å². The topological polar surface area (TPSA) is 115 Å². The highest BCUT2D eigenvalue weighted by atomic mass is 19.1. The number of fused-ring (bicyclic) bond motifs is 1. The number of rotatable bonds is 5. The maximum atomic E-state index is 15.0. The summed E-state index contributed by atoms with van der Waals surface area (Å²) >= 11 is 0. The Bertz CT molecular complexity index is 1210. The van der Waals surface area contributed by atoms with Crippen LogP contribution < -0.4 is 10.9 Å². The van der Waals surface area contributed by atoms with Crippen molar-refractivity contribution in [3.8, 4) is 5.69 Å². The van der Waals surface area contributed by atoms with E-state index in [4.69, 9.17) is 9.94 Å². The molecule has 10 nitrogen and oxygen atoms in total. The summed E-state index contributed by atoms with van der Waals surface area (Å²) in [6.45, 7) is 3.53. The largest absolute Gasteiger partial charge is 0.379 e. The van der Waals surface area contributed by atoms with Gasteiger partial charge in [0.1, 0.15) is 17.1 Å². The van der Waals surface area contributed by atoms with Crippen LogP contribution in [0.3, 0.4) is 0 Å². The number of morpholine rings is 1. The summed E-state index contributed by atoms with van der Waals surface area (Å²) in [5.41, 5.74) is 1.98. The summed E-state index contributed by atoms with van der Waals surface area (Å²) in [5, 5.41) is 17.3. The molecule has 31 heavy (non-hydrogen) atoms. The van der Waals surface area contributed by atoms with Crippen molar-refractivity contribution in [1.82, 2.24) is 29.9 Å². The maximum absolute atomic E-state index is 15.0. The number of nitrogens with one attached hydrogen (secondary N) is 1. The first-order valence-electron chi connectivity index (χ1n) is 10.1. The quantitative estimate of drug-likeness (QED) is 0.460. The average Bonchev–Trinajstić information content (AvgIpc) is 3.53. The molecule has 2 fully saturated rings. The lowest BCUT2D eigenvalue weighted by molar-refractivity contribution is 0.0336. The van der Waals surface area contributed by atoms with Crippen molar-refractivity contribution in [1.29, 1.82) is 0 Å². The Hall–Kier alpha value is -3.15. The minimum Gasteiger partial charge on any atom is -0.379 e. The number of hydrogen-bond donors (Lipinski definition) is 2. The van der Waals surface area contributed by atoms with E-state index < -0.39 is 17.2 Å². The molecule has 5 rings (SSSR count). The SMILES string of the molecule is O=C(NO)c1cn(C2CC2)c2cc(-n3cc(CN4CCOCC4)nn3)c(F)cc2c1=O. The molecule has 0 bridgehead atoms.